The zero-order chi connectivity index (χ0) is 21.3. The third-order valence-corrected chi connectivity index (χ3v) is 5.49. The van der Waals surface area contributed by atoms with Gasteiger partial charge in [-0.05, 0) is 36.2 Å². The van der Waals surface area contributed by atoms with E-state index in [2.05, 4.69) is 16.3 Å². The number of hydrogen-bond acceptors (Lipinski definition) is 5. The molecule has 7 nitrogen and oxygen atoms in total. The van der Waals surface area contributed by atoms with Gasteiger partial charge in [0.2, 0.25) is 0 Å². The Bertz CT molecular complexity index is 835. The molecule has 0 spiro atoms. The molecule has 1 saturated heterocycles. The van der Waals surface area contributed by atoms with E-state index in [0.717, 1.165) is 49.6 Å². The molecule has 2 N–H and O–H groups in total. The smallest absolute Gasteiger partial charge is 0.275 e. The van der Waals surface area contributed by atoms with Gasteiger partial charge in [0.25, 0.3) is 5.91 Å². The predicted octanol–water partition coefficient (Wildman–Crippen LogP) is 0.776. The minimum atomic E-state index is 0.0937. The molecule has 162 valence electrons. The predicted molar refractivity (Wildman–Crippen MR) is 117 cm³/mol. The first-order valence-electron chi connectivity index (χ1n) is 10.3. The molecule has 3 rings (SSSR count). The fraction of sp³-hybridized carbons (Fsp3) is 0.435. The molecular weight excluding hydrogens is 382 g/mol. The number of ether oxygens (including phenoxy) is 3. The van der Waals surface area contributed by atoms with Crippen LogP contribution in [0.5, 0.6) is 17.2 Å². The van der Waals surface area contributed by atoms with E-state index in [0.29, 0.717) is 24.6 Å². The van der Waals surface area contributed by atoms with Gasteiger partial charge in [0, 0.05) is 6.54 Å². The highest BCUT2D eigenvalue weighted by atomic mass is 16.5. The van der Waals surface area contributed by atoms with Crippen LogP contribution in [0.2, 0.25) is 0 Å². The van der Waals surface area contributed by atoms with E-state index in [1.54, 1.807) is 21.3 Å². The molecule has 0 atom stereocenters. The summed E-state index contributed by atoms with van der Waals surface area (Å²) >= 11 is 0. The van der Waals surface area contributed by atoms with E-state index in [-0.39, 0.29) is 5.91 Å². The van der Waals surface area contributed by atoms with Gasteiger partial charge in [-0.1, -0.05) is 18.2 Å². The highest BCUT2D eigenvalue weighted by Crippen LogP contribution is 2.28. The second kappa shape index (κ2) is 10.7. The zero-order valence-electron chi connectivity index (χ0n) is 18.1. The fourth-order valence-electron chi connectivity index (χ4n) is 3.80. The summed E-state index contributed by atoms with van der Waals surface area (Å²) in [6.45, 7) is 4.80. The van der Waals surface area contributed by atoms with Crippen LogP contribution in [0.1, 0.15) is 5.56 Å². The first kappa shape index (κ1) is 21.8. The Morgan fingerprint density at radius 1 is 0.967 bits per heavy atom. The SMILES string of the molecule is COc1ccc(CCNC(=O)C[NH+]2CCN(c3ccccc3OC)CC2)cc1OC. The van der Waals surface area contributed by atoms with Crippen LogP contribution in [-0.4, -0.2) is 66.5 Å². The van der Waals surface area contributed by atoms with Gasteiger partial charge in [-0.3, -0.25) is 4.79 Å². The molecule has 1 aliphatic heterocycles. The molecule has 1 aliphatic rings. The average Bonchev–Trinajstić information content (AvgIpc) is 2.79. The average molecular weight is 415 g/mol. The lowest BCUT2D eigenvalue weighted by Crippen LogP contribution is -3.16. The molecule has 0 unspecified atom stereocenters. The minimum absolute atomic E-state index is 0.0937. The van der Waals surface area contributed by atoms with Crippen LogP contribution in [-0.2, 0) is 11.2 Å². The van der Waals surface area contributed by atoms with E-state index in [4.69, 9.17) is 14.2 Å². The number of quaternary nitrogens is 1. The number of nitrogens with one attached hydrogen (secondary N) is 2. The maximum Gasteiger partial charge on any atom is 0.275 e. The van der Waals surface area contributed by atoms with Crippen molar-refractivity contribution in [3.63, 3.8) is 0 Å². The van der Waals surface area contributed by atoms with Crippen molar-refractivity contribution in [1.29, 1.82) is 0 Å². The fourth-order valence-corrected chi connectivity index (χ4v) is 3.80. The summed E-state index contributed by atoms with van der Waals surface area (Å²) in [5, 5.41) is 3.04. The lowest BCUT2D eigenvalue weighted by atomic mass is 10.1. The Kier molecular flexibility index (Phi) is 7.79. The van der Waals surface area contributed by atoms with Gasteiger partial charge in [-0.2, -0.15) is 0 Å². The van der Waals surface area contributed by atoms with E-state index in [1.807, 2.05) is 36.4 Å². The summed E-state index contributed by atoms with van der Waals surface area (Å²) in [6, 6.07) is 13.9. The highest BCUT2D eigenvalue weighted by Gasteiger charge is 2.23. The number of piperazine rings is 1. The van der Waals surface area contributed by atoms with Crippen molar-refractivity contribution < 1.29 is 23.9 Å². The van der Waals surface area contributed by atoms with E-state index >= 15 is 0 Å². The van der Waals surface area contributed by atoms with Gasteiger partial charge in [-0.15, -0.1) is 0 Å². The quantitative estimate of drug-likeness (QED) is 0.635. The molecule has 0 saturated carbocycles. The van der Waals surface area contributed by atoms with E-state index < -0.39 is 0 Å². The standard InChI is InChI=1S/C23H31N3O4/c1-28-20-7-5-4-6-19(20)26-14-12-25(13-15-26)17-23(27)24-11-10-18-8-9-21(29-2)22(16-18)30-3/h4-9,16H,10-15,17H2,1-3H3,(H,24,27)/p+1. The van der Waals surface area contributed by atoms with Gasteiger partial charge in [-0.25, -0.2) is 0 Å². The number of carbonyl (C=O) groups is 1. The van der Waals surface area contributed by atoms with Gasteiger partial charge in [0.05, 0.1) is 53.2 Å². The summed E-state index contributed by atoms with van der Waals surface area (Å²) < 4.78 is 16.1. The topological polar surface area (TPSA) is 64.5 Å². The number of anilines is 1. The number of benzene rings is 2. The van der Waals surface area contributed by atoms with Crippen LogP contribution in [0.4, 0.5) is 5.69 Å². The van der Waals surface area contributed by atoms with Crippen molar-refractivity contribution in [2.45, 2.75) is 6.42 Å². The van der Waals surface area contributed by atoms with Crippen LogP contribution < -0.4 is 29.3 Å². The Morgan fingerprint density at radius 2 is 1.67 bits per heavy atom. The van der Waals surface area contributed by atoms with Crippen LogP contribution >= 0.6 is 0 Å². The van der Waals surface area contributed by atoms with Crippen molar-refractivity contribution in [2.24, 2.45) is 0 Å². The van der Waals surface area contributed by atoms with Gasteiger partial charge < -0.3 is 29.3 Å². The summed E-state index contributed by atoms with van der Waals surface area (Å²) in [7, 11) is 4.95. The lowest BCUT2D eigenvalue weighted by Gasteiger charge is -2.34. The molecule has 7 heteroatoms. The number of para-hydroxylation sites is 2. The van der Waals surface area contributed by atoms with Crippen LogP contribution in [0.25, 0.3) is 0 Å². The van der Waals surface area contributed by atoms with Crippen LogP contribution in [0.15, 0.2) is 42.5 Å². The molecule has 0 radical (unpaired) electrons. The second-order valence-corrected chi connectivity index (χ2v) is 7.37. The number of hydrogen-bond donors (Lipinski definition) is 2. The third-order valence-electron chi connectivity index (χ3n) is 5.49. The summed E-state index contributed by atoms with van der Waals surface area (Å²) in [4.78, 5) is 16.0. The Hall–Kier alpha value is -2.93. The molecule has 0 aliphatic carbocycles. The Morgan fingerprint density at radius 3 is 2.37 bits per heavy atom. The van der Waals surface area contributed by atoms with E-state index in [1.165, 1.54) is 4.90 Å². The van der Waals surface area contributed by atoms with Crippen LogP contribution in [0.3, 0.4) is 0 Å². The molecule has 30 heavy (non-hydrogen) atoms. The maximum absolute atomic E-state index is 12.4. The van der Waals surface area contributed by atoms with Gasteiger partial charge in [0.15, 0.2) is 18.0 Å². The molecule has 1 heterocycles. The van der Waals surface area contributed by atoms with Crippen molar-refractivity contribution in [3.8, 4) is 17.2 Å². The summed E-state index contributed by atoms with van der Waals surface area (Å²) in [5.74, 6) is 2.41. The largest absolute Gasteiger partial charge is 0.495 e. The lowest BCUT2D eigenvalue weighted by molar-refractivity contribution is -0.892. The van der Waals surface area contributed by atoms with Crippen molar-refractivity contribution in [2.75, 3.05) is 65.5 Å². The zero-order valence-corrected chi connectivity index (χ0v) is 18.1. The molecule has 0 aromatic heterocycles. The van der Waals surface area contributed by atoms with Gasteiger partial charge >= 0.3 is 0 Å². The van der Waals surface area contributed by atoms with Crippen molar-refractivity contribution in [1.82, 2.24) is 5.32 Å². The monoisotopic (exact) mass is 414 g/mol. The number of methoxy groups -OCH3 is 3. The minimum Gasteiger partial charge on any atom is -0.495 e. The summed E-state index contributed by atoms with van der Waals surface area (Å²) in [5.41, 5.74) is 2.23. The second-order valence-electron chi connectivity index (χ2n) is 7.37. The molecule has 2 aromatic carbocycles. The molecule has 1 amide bonds. The highest BCUT2D eigenvalue weighted by molar-refractivity contribution is 5.76. The molecular formula is C23H32N3O4+. The van der Waals surface area contributed by atoms with Crippen molar-refractivity contribution in [3.05, 3.63) is 48.0 Å². The van der Waals surface area contributed by atoms with E-state index in [9.17, 15) is 4.79 Å². The van der Waals surface area contributed by atoms with Crippen molar-refractivity contribution >= 4 is 11.6 Å². The normalized spacial score (nSPS) is 14.3. The number of rotatable bonds is 9. The van der Waals surface area contributed by atoms with Crippen LogP contribution in [0, 0.1) is 0 Å². The Labute approximate surface area is 178 Å². The first-order valence-corrected chi connectivity index (χ1v) is 10.3. The molecule has 0 bridgehead atoms. The molecule has 1 fully saturated rings. The molecule has 2 aromatic rings. The summed E-state index contributed by atoms with van der Waals surface area (Å²) in [6.07, 6.45) is 0.753. The third kappa shape index (κ3) is 5.57. The number of amides is 1. The number of nitrogens with zero attached hydrogens (tertiary/aromatic N) is 1. The maximum atomic E-state index is 12.4. The first-order chi connectivity index (χ1) is 14.6. The Balaban J connectivity index is 1.41. The van der Waals surface area contributed by atoms with Gasteiger partial charge in [0.1, 0.15) is 5.75 Å². The number of carbonyl (C=O) groups excluding carboxylic acids is 1.